The van der Waals surface area contributed by atoms with E-state index in [2.05, 4.69) is 10.0 Å². The zero-order chi connectivity index (χ0) is 17.7. The molecule has 0 radical (unpaired) electrons. The summed E-state index contributed by atoms with van der Waals surface area (Å²) >= 11 is 0. The number of benzene rings is 2. The average Bonchev–Trinajstić information content (AvgIpc) is 2.56. The third-order valence-electron chi connectivity index (χ3n) is 3.28. The summed E-state index contributed by atoms with van der Waals surface area (Å²) < 4.78 is 37.6. The predicted octanol–water partition coefficient (Wildman–Crippen LogP) is 2.67. The van der Waals surface area contributed by atoms with Crippen molar-refractivity contribution < 1.29 is 17.9 Å². The first-order valence-corrected chi connectivity index (χ1v) is 8.59. The molecule has 0 fully saturated rings. The summed E-state index contributed by atoms with van der Waals surface area (Å²) in [6.45, 7) is 0. The highest BCUT2D eigenvalue weighted by Gasteiger charge is 2.12. The van der Waals surface area contributed by atoms with Crippen molar-refractivity contribution in [3.8, 4) is 11.5 Å². The van der Waals surface area contributed by atoms with Gasteiger partial charge in [0.1, 0.15) is 0 Å². The van der Waals surface area contributed by atoms with Crippen LogP contribution in [0.1, 0.15) is 0 Å². The van der Waals surface area contributed by atoms with E-state index in [1.807, 2.05) is 12.1 Å². The Balaban J connectivity index is 2.12. The van der Waals surface area contributed by atoms with E-state index >= 15 is 0 Å². The molecule has 0 amide bonds. The molecule has 0 saturated carbocycles. The molecule has 0 bridgehead atoms. The van der Waals surface area contributed by atoms with E-state index in [4.69, 9.17) is 9.47 Å². The lowest BCUT2D eigenvalue weighted by Crippen LogP contribution is -2.28. The van der Waals surface area contributed by atoms with Gasteiger partial charge in [-0.1, -0.05) is 0 Å². The quantitative estimate of drug-likeness (QED) is 0.802. The van der Waals surface area contributed by atoms with Crippen LogP contribution >= 0.6 is 0 Å². The molecule has 0 aliphatic rings. The van der Waals surface area contributed by atoms with Crippen molar-refractivity contribution >= 4 is 27.3 Å². The van der Waals surface area contributed by atoms with Crippen molar-refractivity contribution in [1.29, 1.82) is 0 Å². The average molecular weight is 351 g/mol. The van der Waals surface area contributed by atoms with Gasteiger partial charge in [0.25, 0.3) is 0 Å². The van der Waals surface area contributed by atoms with Gasteiger partial charge in [0.05, 0.1) is 14.2 Å². The number of anilines is 3. The number of nitrogens with one attached hydrogen (secondary N) is 2. The van der Waals surface area contributed by atoms with Gasteiger partial charge in [-0.05, 0) is 36.4 Å². The molecule has 8 heteroatoms. The van der Waals surface area contributed by atoms with Gasteiger partial charge >= 0.3 is 10.2 Å². The Labute approximate surface area is 142 Å². The zero-order valence-electron chi connectivity index (χ0n) is 14.0. The second-order valence-electron chi connectivity index (χ2n) is 5.16. The van der Waals surface area contributed by atoms with Crippen LogP contribution in [0.25, 0.3) is 0 Å². The molecule has 0 unspecified atom stereocenters. The minimum Gasteiger partial charge on any atom is -0.493 e. The summed E-state index contributed by atoms with van der Waals surface area (Å²) in [4.78, 5) is 0. The van der Waals surface area contributed by atoms with Crippen molar-refractivity contribution in [3.63, 3.8) is 0 Å². The maximum atomic E-state index is 11.8. The second kappa shape index (κ2) is 7.41. The van der Waals surface area contributed by atoms with Crippen LogP contribution in [0.2, 0.25) is 0 Å². The van der Waals surface area contributed by atoms with Gasteiger partial charge in [0.2, 0.25) is 0 Å². The van der Waals surface area contributed by atoms with Crippen molar-refractivity contribution in [2.75, 3.05) is 38.4 Å². The molecule has 2 N–H and O–H groups in total. The molecule has 2 aromatic rings. The Morgan fingerprint density at radius 1 is 0.833 bits per heavy atom. The Kier molecular flexibility index (Phi) is 5.53. The molecule has 2 aromatic carbocycles. The van der Waals surface area contributed by atoms with E-state index in [9.17, 15) is 8.42 Å². The number of methoxy groups -OCH3 is 2. The number of hydrogen-bond donors (Lipinski definition) is 2. The fourth-order valence-corrected chi connectivity index (χ4v) is 2.56. The number of ether oxygens (including phenoxy) is 2. The van der Waals surface area contributed by atoms with Crippen molar-refractivity contribution in [1.82, 2.24) is 4.31 Å². The van der Waals surface area contributed by atoms with Gasteiger partial charge in [-0.15, -0.1) is 0 Å². The van der Waals surface area contributed by atoms with Gasteiger partial charge in [-0.25, -0.2) is 0 Å². The van der Waals surface area contributed by atoms with Crippen LogP contribution < -0.4 is 19.5 Å². The first-order chi connectivity index (χ1) is 11.4. The lowest BCUT2D eigenvalue weighted by molar-refractivity contribution is 0.355. The van der Waals surface area contributed by atoms with E-state index in [0.29, 0.717) is 17.2 Å². The molecule has 130 valence electrons. The van der Waals surface area contributed by atoms with E-state index in [0.717, 1.165) is 15.7 Å². The van der Waals surface area contributed by atoms with Crippen LogP contribution in [0.4, 0.5) is 17.1 Å². The van der Waals surface area contributed by atoms with Crippen LogP contribution in [0, 0.1) is 0 Å². The van der Waals surface area contributed by atoms with Gasteiger partial charge in [0, 0.05) is 37.2 Å². The Morgan fingerprint density at radius 3 is 1.92 bits per heavy atom. The Hall–Kier alpha value is -2.45. The molecule has 24 heavy (non-hydrogen) atoms. The van der Waals surface area contributed by atoms with Gasteiger partial charge in [-0.2, -0.15) is 12.7 Å². The van der Waals surface area contributed by atoms with E-state index < -0.39 is 10.2 Å². The first-order valence-electron chi connectivity index (χ1n) is 7.15. The number of rotatable bonds is 7. The number of hydrogen-bond acceptors (Lipinski definition) is 5. The summed E-state index contributed by atoms with van der Waals surface area (Å²) in [5.74, 6) is 1.27. The van der Waals surface area contributed by atoms with Crippen molar-refractivity contribution in [3.05, 3.63) is 42.5 Å². The summed E-state index contributed by atoms with van der Waals surface area (Å²) in [6, 6.07) is 12.4. The van der Waals surface area contributed by atoms with Crippen LogP contribution in [0.15, 0.2) is 42.5 Å². The first kappa shape index (κ1) is 17.9. The van der Waals surface area contributed by atoms with Crippen molar-refractivity contribution in [2.45, 2.75) is 0 Å². The SMILES string of the molecule is COc1ccc(Nc2ccc(NS(=O)(=O)N(C)C)cc2)cc1OC. The van der Waals surface area contributed by atoms with Gasteiger partial charge < -0.3 is 14.8 Å². The zero-order valence-corrected chi connectivity index (χ0v) is 14.8. The van der Waals surface area contributed by atoms with E-state index in [1.165, 1.54) is 14.1 Å². The smallest absolute Gasteiger partial charge is 0.301 e. The highest BCUT2D eigenvalue weighted by Crippen LogP contribution is 2.31. The molecule has 0 spiro atoms. The molecular weight excluding hydrogens is 330 g/mol. The third-order valence-corrected chi connectivity index (χ3v) is 4.74. The molecule has 0 aromatic heterocycles. The lowest BCUT2D eigenvalue weighted by atomic mass is 10.2. The summed E-state index contributed by atoms with van der Waals surface area (Å²) in [6.07, 6.45) is 0. The van der Waals surface area contributed by atoms with Crippen LogP contribution in [0.5, 0.6) is 11.5 Å². The largest absolute Gasteiger partial charge is 0.493 e. The Bertz CT molecular complexity index is 789. The molecule has 7 nitrogen and oxygen atoms in total. The van der Waals surface area contributed by atoms with Crippen LogP contribution in [-0.2, 0) is 10.2 Å². The third kappa shape index (κ3) is 4.30. The Morgan fingerprint density at radius 2 is 1.38 bits per heavy atom. The van der Waals surface area contributed by atoms with E-state index in [1.54, 1.807) is 44.6 Å². The highest BCUT2D eigenvalue weighted by atomic mass is 32.2. The lowest BCUT2D eigenvalue weighted by Gasteiger charge is -2.14. The van der Waals surface area contributed by atoms with Crippen molar-refractivity contribution in [2.24, 2.45) is 0 Å². The monoisotopic (exact) mass is 351 g/mol. The summed E-state index contributed by atoms with van der Waals surface area (Å²) in [7, 11) is 2.59. The fraction of sp³-hybridized carbons (Fsp3) is 0.250. The molecule has 0 aliphatic heterocycles. The van der Waals surface area contributed by atoms with Gasteiger partial charge in [0.15, 0.2) is 11.5 Å². The maximum Gasteiger partial charge on any atom is 0.301 e. The van der Waals surface area contributed by atoms with Crippen LogP contribution in [0.3, 0.4) is 0 Å². The molecule has 0 saturated heterocycles. The minimum absolute atomic E-state index is 0.488. The molecular formula is C16H21N3O4S. The minimum atomic E-state index is -3.51. The van der Waals surface area contributed by atoms with Crippen LogP contribution in [-0.4, -0.2) is 41.0 Å². The van der Waals surface area contributed by atoms with E-state index in [-0.39, 0.29) is 0 Å². The fourth-order valence-electron chi connectivity index (χ4n) is 1.94. The molecule has 0 aliphatic carbocycles. The standard InChI is InChI=1S/C16H21N3O4S/c1-19(2)24(20,21)18-13-7-5-12(6-8-13)17-14-9-10-15(22-3)16(11-14)23-4/h5-11,17-18H,1-4H3. The summed E-state index contributed by atoms with van der Waals surface area (Å²) in [5, 5.41) is 3.22. The topological polar surface area (TPSA) is 79.9 Å². The highest BCUT2D eigenvalue weighted by molar-refractivity contribution is 7.90. The maximum absolute atomic E-state index is 11.8. The summed E-state index contributed by atoms with van der Waals surface area (Å²) in [5.41, 5.74) is 2.13. The molecule has 2 rings (SSSR count). The predicted molar refractivity (Wildman–Crippen MR) is 95.5 cm³/mol. The normalized spacial score (nSPS) is 11.2. The van der Waals surface area contributed by atoms with Gasteiger partial charge in [-0.3, -0.25) is 4.72 Å². The molecule has 0 heterocycles. The molecule has 0 atom stereocenters. The second-order valence-corrected chi connectivity index (χ2v) is 7.05. The number of nitrogens with zero attached hydrogens (tertiary/aromatic N) is 1.